The Hall–Kier alpha value is -1.85. The molecule has 1 amide bonds. The van der Waals surface area contributed by atoms with Gasteiger partial charge in [0.25, 0.3) is 0 Å². The first-order valence-corrected chi connectivity index (χ1v) is 11.1. The molecule has 5 heteroatoms. The summed E-state index contributed by atoms with van der Waals surface area (Å²) in [6.07, 6.45) is 6.19. The Balaban J connectivity index is 1.38. The standard InChI is InChI=1S/C22H29N3OS/c1-17(25-15-5-7-20(25)21-8-6-16-27-21)22(26)23-18-9-11-19(12-10-18)24-13-3-2-4-14-24/h6,8-12,16-17,20H,2-5,7,13-15H2,1H3,(H,23,26)/t17-,20-/m1/s1. The van der Waals surface area contributed by atoms with Crippen molar-refractivity contribution in [3.05, 3.63) is 46.7 Å². The van der Waals surface area contributed by atoms with Crippen LogP contribution in [0.3, 0.4) is 0 Å². The molecule has 0 aliphatic carbocycles. The van der Waals surface area contributed by atoms with E-state index in [1.54, 1.807) is 11.3 Å². The van der Waals surface area contributed by atoms with E-state index in [1.165, 1.54) is 29.8 Å². The van der Waals surface area contributed by atoms with Gasteiger partial charge >= 0.3 is 0 Å². The number of carbonyl (C=O) groups excluding carboxylic acids is 1. The van der Waals surface area contributed by atoms with Gasteiger partial charge in [0, 0.05) is 35.4 Å². The van der Waals surface area contributed by atoms with Crippen molar-refractivity contribution >= 4 is 28.6 Å². The van der Waals surface area contributed by atoms with Gasteiger partial charge < -0.3 is 10.2 Å². The normalized spacial score (nSPS) is 22.0. The number of benzene rings is 1. The molecule has 2 saturated heterocycles. The zero-order valence-electron chi connectivity index (χ0n) is 16.1. The van der Waals surface area contributed by atoms with Crippen LogP contribution in [0.1, 0.15) is 49.9 Å². The quantitative estimate of drug-likeness (QED) is 0.797. The molecule has 1 aromatic carbocycles. The van der Waals surface area contributed by atoms with Gasteiger partial charge in [-0.25, -0.2) is 0 Å². The molecule has 0 radical (unpaired) electrons. The number of likely N-dealkylation sites (tertiary alicyclic amines) is 1. The van der Waals surface area contributed by atoms with Crippen molar-refractivity contribution < 1.29 is 4.79 Å². The summed E-state index contributed by atoms with van der Waals surface area (Å²) in [6, 6.07) is 12.9. The van der Waals surface area contributed by atoms with Crippen molar-refractivity contribution in [1.29, 1.82) is 0 Å². The van der Waals surface area contributed by atoms with E-state index in [1.807, 2.05) is 19.1 Å². The molecular formula is C22H29N3OS. The zero-order valence-corrected chi connectivity index (χ0v) is 16.9. The lowest BCUT2D eigenvalue weighted by molar-refractivity contribution is -0.121. The Morgan fingerprint density at radius 3 is 2.56 bits per heavy atom. The van der Waals surface area contributed by atoms with Gasteiger partial charge in [-0.05, 0) is 81.3 Å². The first-order valence-electron chi connectivity index (χ1n) is 10.2. The van der Waals surface area contributed by atoms with Crippen LogP contribution in [0, 0.1) is 0 Å². The lowest BCUT2D eigenvalue weighted by atomic mass is 10.1. The molecule has 144 valence electrons. The summed E-state index contributed by atoms with van der Waals surface area (Å²) in [6.45, 7) is 5.30. The molecule has 1 aromatic heterocycles. The molecule has 27 heavy (non-hydrogen) atoms. The minimum absolute atomic E-state index is 0.0872. The highest BCUT2D eigenvalue weighted by atomic mass is 32.1. The van der Waals surface area contributed by atoms with Crippen LogP contribution in [-0.4, -0.2) is 36.5 Å². The van der Waals surface area contributed by atoms with Crippen LogP contribution >= 0.6 is 11.3 Å². The fraction of sp³-hybridized carbons (Fsp3) is 0.500. The summed E-state index contributed by atoms with van der Waals surface area (Å²) >= 11 is 1.79. The van der Waals surface area contributed by atoms with Gasteiger partial charge in [-0.15, -0.1) is 11.3 Å². The summed E-state index contributed by atoms with van der Waals surface area (Å²) in [5, 5.41) is 5.24. The Morgan fingerprint density at radius 2 is 1.85 bits per heavy atom. The third-order valence-corrected chi connectivity index (χ3v) is 6.87. The van der Waals surface area contributed by atoms with Gasteiger partial charge in [0.05, 0.1) is 6.04 Å². The number of anilines is 2. The molecule has 4 nitrogen and oxygen atoms in total. The number of piperidine rings is 1. The molecule has 2 aliphatic rings. The van der Waals surface area contributed by atoms with Gasteiger partial charge in [0.1, 0.15) is 0 Å². The number of rotatable bonds is 5. The highest BCUT2D eigenvalue weighted by Crippen LogP contribution is 2.36. The van der Waals surface area contributed by atoms with E-state index in [0.717, 1.165) is 38.2 Å². The molecule has 0 bridgehead atoms. The molecule has 0 spiro atoms. The Kier molecular flexibility index (Phi) is 5.79. The second-order valence-corrected chi connectivity index (χ2v) is 8.65. The number of amides is 1. The van der Waals surface area contributed by atoms with Crippen LogP contribution in [0.25, 0.3) is 0 Å². The molecule has 0 saturated carbocycles. The molecule has 0 unspecified atom stereocenters. The van der Waals surface area contributed by atoms with Crippen LogP contribution in [0.4, 0.5) is 11.4 Å². The second-order valence-electron chi connectivity index (χ2n) is 7.67. The van der Waals surface area contributed by atoms with E-state index in [4.69, 9.17) is 0 Å². The van der Waals surface area contributed by atoms with E-state index in [2.05, 4.69) is 44.8 Å². The highest BCUT2D eigenvalue weighted by Gasteiger charge is 2.33. The Morgan fingerprint density at radius 1 is 1.07 bits per heavy atom. The van der Waals surface area contributed by atoms with E-state index >= 15 is 0 Å². The number of carbonyl (C=O) groups is 1. The maximum absolute atomic E-state index is 12.8. The lowest BCUT2D eigenvalue weighted by Crippen LogP contribution is -2.41. The predicted octanol–water partition coefficient (Wildman–Crippen LogP) is 4.90. The molecule has 2 aromatic rings. The number of nitrogens with zero attached hydrogens (tertiary/aromatic N) is 2. The van der Waals surface area contributed by atoms with Crippen LogP contribution < -0.4 is 10.2 Å². The largest absolute Gasteiger partial charge is 0.372 e. The van der Waals surface area contributed by atoms with Gasteiger partial charge in [-0.3, -0.25) is 9.69 Å². The van der Waals surface area contributed by atoms with Crippen LogP contribution in [0.5, 0.6) is 0 Å². The fourth-order valence-electron chi connectivity index (χ4n) is 4.34. The predicted molar refractivity (Wildman–Crippen MR) is 114 cm³/mol. The third-order valence-electron chi connectivity index (χ3n) is 5.90. The number of thiophene rings is 1. The van der Waals surface area contributed by atoms with Gasteiger partial charge in [-0.1, -0.05) is 6.07 Å². The van der Waals surface area contributed by atoms with Crippen LogP contribution in [0.15, 0.2) is 41.8 Å². The number of nitrogens with one attached hydrogen (secondary N) is 1. The number of hydrogen-bond donors (Lipinski definition) is 1. The van der Waals surface area contributed by atoms with Crippen molar-refractivity contribution in [2.45, 2.75) is 51.1 Å². The third kappa shape index (κ3) is 4.19. The minimum Gasteiger partial charge on any atom is -0.372 e. The molecule has 1 N–H and O–H groups in total. The zero-order chi connectivity index (χ0) is 18.6. The van der Waals surface area contributed by atoms with Crippen LogP contribution in [-0.2, 0) is 4.79 Å². The second kappa shape index (κ2) is 8.44. The SMILES string of the molecule is C[C@H](C(=O)Nc1ccc(N2CCCCC2)cc1)N1CCC[C@@H]1c1cccs1. The molecular weight excluding hydrogens is 354 g/mol. The van der Waals surface area contributed by atoms with Gasteiger partial charge in [0.2, 0.25) is 5.91 Å². The fourth-order valence-corrected chi connectivity index (χ4v) is 5.23. The van der Waals surface area contributed by atoms with Crippen molar-refractivity contribution in [1.82, 2.24) is 4.90 Å². The van der Waals surface area contributed by atoms with Gasteiger partial charge in [-0.2, -0.15) is 0 Å². The minimum atomic E-state index is -0.124. The summed E-state index contributed by atoms with van der Waals surface area (Å²) in [5.41, 5.74) is 2.15. The van der Waals surface area contributed by atoms with Crippen LogP contribution in [0.2, 0.25) is 0 Å². The maximum atomic E-state index is 12.8. The van der Waals surface area contributed by atoms with E-state index in [0.29, 0.717) is 6.04 Å². The molecule has 2 aliphatic heterocycles. The molecule has 4 rings (SSSR count). The van der Waals surface area contributed by atoms with Crippen molar-refractivity contribution in [3.63, 3.8) is 0 Å². The topological polar surface area (TPSA) is 35.6 Å². The average molecular weight is 384 g/mol. The monoisotopic (exact) mass is 383 g/mol. The smallest absolute Gasteiger partial charge is 0.241 e. The average Bonchev–Trinajstić information content (AvgIpc) is 3.40. The van der Waals surface area contributed by atoms with Crippen molar-refractivity contribution in [3.8, 4) is 0 Å². The lowest BCUT2D eigenvalue weighted by Gasteiger charge is -2.30. The number of hydrogen-bond acceptors (Lipinski definition) is 4. The maximum Gasteiger partial charge on any atom is 0.241 e. The van der Waals surface area contributed by atoms with E-state index in [9.17, 15) is 4.79 Å². The molecule has 2 atom stereocenters. The Labute approximate surface area is 166 Å². The molecule has 2 fully saturated rings. The summed E-state index contributed by atoms with van der Waals surface area (Å²) in [7, 11) is 0. The van der Waals surface area contributed by atoms with E-state index in [-0.39, 0.29) is 11.9 Å². The Bertz CT molecular complexity index is 737. The van der Waals surface area contributed by atoms with Crippen molar-refractivity contribution in [2.75, 3.05) is 29.9 Å². The molecule has 3 heterocycles. The summed E-state index contributed by atoms with van der Waals surface area (Å²) < 4.78 is 0. The first kappa shape index (κ1) is 18.5. The first-order chi connectivity index (χ1) is 13.2. The van der Waals surface area contributed by atoms with E-state index < -0.39 is 0 Å². The summed E-state index contributed by atoms with van der Waals surface area (Å²) in [5.74, 6) is 0.0872. The summed E-state index contributed by atoms with van der Waals surface area (Å²) in [4.78, 5) is 19.0. The van der Waals surface area contributed by atoms with Crippen molar-refractivity contribution in [2.24, 2.45) is 0 Å². The highest BCUT2D eigenvalue weighted by molar-refractivity contribution is 7.10. The van der Waals surface area contributed by atoms with Gasteiger partial charge in [0.15, 0.2) is 0 Å².